The van der Waals surface area contributed by atoms with Crippen molar-refractivity contribution in [2.45, 2.75) is 38.3 Å². The van der Waals surface area contributed by atoms with Crippen LogP contribution in [0.4, 0.5) is 0 Å². The summed E-state index contributed by atoms with van der Waals surface area (Å²) in [7, 11) is 0. The van der Waals surface area contributed by atoms with Gasteiger partial charge in [0.25, 0.3) is 5.56 Å². The predicted octanol–water partition coefficient (Wildman–Crippen LogP) is 4.81. The third kappa shape index (κ3) is 4.12. The number of aromatic nitrogens is 3. The third-order valence-corrected chi connectivity index (χ3v) is 8.70. The van der Waals surface area contributed by atoms with Crippen molar-refractivity contribution in [1.82, 2.24) is 19.9 Å². The first-order valence-electron chi connectivity index (χ1n) is 11.3. The lowest BCUT2D eigenvalue weighted by atomic mass is 9.93. The number of hydrogen-bond donors (Lipinski definition) is 1. The van der Waals surface area contributed by atoms with Crippen LogP contribution in [-0.2, 0) is 25.8 Å². The van der Waals surface area contributed by atoms with Crippen LogP contribution in [0.15, 0.2) is 66.0 Å². The molecule has 0 saturated carbocycles. The molecule has 0 spiro atoms. The van der Waals surface area contributed by atoms with Gasteiger partial charge < -0.3 is 5.32 Å². The molecule has 1 aliphatic carbocycles. The van der Waals surface area contributed by atoms with Gasteiger partial charge in [0.1, 0.15) is 4.83 Å². The summed E-state index contributed by atoms with van der Waals surface area (Å²) in [5, 5.41) is 5.78. The summed E-state index contributed by atoms with van der Waals surface area (Å²) in [5.74, 6) is 0. The lowest BCUT2D eigenvalue weighted by Gasteiger charge is -2.23. The van der Waals surface area contributed by atoms with Crippen molar-refractivity contribution in [3.63, 3.8) is 0 Å². The highest BCUT2D eigenvalue weighted by molar-refractivity contribution is 7.19. The average molecular weight is 473 g/mol. The molecule has 4 aromatic heterocycles. The number of nitrogens with one attached hydrogen (secondary N) is 1. The van der Waals surface area contributed by atoms with E-state index in [1.165, 1.54) is 31.0 Å². The summed E-state index contributed by atoms with van der Waals surface area (Å²) in [5.41, 5.74) is 2.63. The highest BCUT2D eigenvalue weighted by atomic mass is 32.1. The van der Waals surface area contributed by atoms with Gasteiger partial charge in [-0.3, -0.25) is 14.3 Å². The minimum absolute atomic E-state index is 0.0963. The van der Waals surface area contributed by atoms with Crippen LogP contribution in [0.25, 0.3) is 20.3 Å². The summed E-state index contributed by atoms with van der Waals surface area (Å²) >= 11 is 3.44. The minimum atomic E-state index is 0.0963. The number of pyridine rings is 1. The maximum Gasteiger partial charge on any atom is 0.262 e. The Morgan fingerprint density at radius 3 is 2.88 bits per heavy atom. The number of rotatable bonds is 6. The highest BCUT2D eigenvalue weighted by Gasteiger charge is 2.25. The summed E-state index contributed by atoms with van der Waals surface area (Å²) in [6, 6.07) is 15.1. The van der Waals surface area contributed by atoms with Crippen molar-refractivity contribution in [3.8, 4) is 0 Å². The second kappa shape index (κ2) is 8.82. The Kier molecular flexibility index (Phi) is 5.54. The van der Waals surface area contributed by atoms with Crippen molar-refractivity contribution in [3.05, 3.63) is 92.4 Å². The first kappa shape index (κ1) is 20.7. The van der Waals surface area contributed by atoms with Gasteiger partial charge in [-0.25, -0.2) is 4.98 Å². The molecule has 1 aromatic carbocycles. The van der Waals surface area contributed by atoms with E-state index in [0.29, 0.717) is 12.6 Å². The molecule has 5 aromatic rings. The van der Waals surface area contributed by atoms with Crippen molar-refractivity contribution in [2.75, 3.05) is 6.54 Å². The van der Waals surface area contributed by atoms with Crippen LogP contribution in [0.3, 0.4) is 0 Å². The predicted molar refractivity (Wildman–Crippen MR) is 137 cm³/mol. The quantitative estimate of drug-likeness (QED) is 0.385. The normalized spacial score (nSPS) is 15.8. The Hall–Kier alpha value is -2.87. The number of benzene rings is 1. The van der Waals surface area contributed by atoms with Gasteiger partial charge in [0.15, 0.2) is 0 Å². The molecule has 0 amide bonds. The van der Waals surface area contributed by atoms with E-state index in [2.05, 4.69) is 57.7 Å². The fourth-order valence-corrected chi connectivity index (χ4v) is 7.06. The standard InChI is InChI=1S/C26H24N4OS2/c31-26-24-21-6-5-19(28-12-9-17-7-10-27-11-8-17)14-23(21)33-25(24)29-16-30(26)15-20-13-18-3-1-2-4-22(18)32-20/h1-4,7-8,10-11,13,16,19,28H,5-6,9,12,14-15H2. The SMILES string of the molecule is O=c1c2c3c(sc2ncn1Cc1cc2ccccc2s1)CC(NCCc1ccncc1)CC3. The molecule has 0 saturated heterocycles. The molecular formula is C26H24N4OS2. The van der Waals surface area contributed by atoms with E-state index in [4.69, 9.17) is 0 Å². The van der Waals surface area contributed by atoms with E-state index >= 15 is 0 Å². The molecule has 1 N–H and O–H groups in total. The monoisotopic (exact) mass is 472 g/mol. The summed E-state index contributed by atoms with van der Waals surface area (Å²) in [6.45, 7) is 1.53. The van der Waals surface area contributed by atoms with Crippen LogP contribution in [0.5, 0.6) is 0 Å². The van der Waals surface area contributed by atoms with Gasteiger partial charge in [-0.15, -0.1) is 22.7 Å². The van der Waals surface area contributed by atoms with Crippen LogP contribution >= 0.6 is 22.7 Å². The summed E-state index contributed by atoms with van der Waals surface area (Å²) < 4.78 is 3.03. The van der Waals surface area contributed by atoms with Gasteiger partial charge in [0, 0.05) is 32.9 Å². The molecule has 0 bridgehead atoms. The number of nitrogens with zero attached hydrogens (tertiary/aromatic N) is 3. The van der Waals surface area contributed by atoms with Crippen LogP contribution in [0, 0.1) is 0 Å². The molecule has 1 atom stereocenters. The van der Waals surface area contributed by atoms with E-state index in [0.717, 1.165) is 42.4 Å². The van der Waals surface area contributed by atoms with Crippen molar-refractivity contribution in [1.29, 1.82) is 0 Å². The fraction of sp³-hybridized carbons (Fsp3) is 0.269. The Labute approximate surface area is 199 Å². The molecule has 5 nitrogen and oxygen atoms in total. The molecule has 4 heterocycles. The molecular weight excluding hydrogens is 448 g/mol. The topological polar surface area (TPSA) is 59.8 Å². The van der Waals surface area contributed by atoms with Gasteiger partial charge in [-0.05, 0) is 73.0 Å². The van der Waals surface area contributed by atoms with E-state index in [1.807, 2.05) is 12.4 Å². The minimum Gasteiger partial charge on any atom is -0.313 e. The molecule has 1 unspecified atom stereocenters. The molecule has 33 heavy (non-hydrogen) atoms. The molecule has 0 fully saturated rings. The second-order valence-electron chi connectivity index (χ2n) is 8.61. The number of thiophene rings is 2. The maximum absolute atomic E-state index is 13.4. The van der Waals surface area contributed by atoms with E-state index in [1.54, 1.807) is 33.6 Å². The van der Waals surface area contributed by atoms with Gasteiger partial charge in [-0.1, -0.05) is 18.2 Å². The van der Waals surface area contributed by atoms with Crippen LogP contribution in [0.1, 0.15) is 27.3 Å². The lowest BCUT2D eigenvalue weighted by molar-refractivity contribution is 0.466. The molecule has 166 valence electrons. The third-order valence-electron chi connectivity index (χ3n) is 6.43. The highest BCUT2D eigenvalue weighted by Crippen LogP contribution is 2.34. The second-order valence-corrected chi connectivity index (χ2v) is 10.9. The van der Waals surface area contributed by atoms with Crippen LogP contribution < -0.4 is 10.9 Å². The smallest absolute Gasteiger partial charge is 0.262 e. The Morgan fingerprint density at radius 1 is 1.12 bits per heavy atom. The van der Waals surface area contributed by atoms with Crippen LogP contribution in [0.2, 0.25) is 0 Å². The summed E-state index contributed by atoms with van der Waals surface area (Å²) in [6.07, 6.45) is 9.39. The van der Waals surface area contributed by atoms with Gasteiger partial charge in [0.2, 0.25) is 0 Å². The number of fused-ring (bicyclic) bond motifs is 4. The Bertz CT molecular complexity index is 1450. The largest absolute Gasteiger partial charge is 0.313 e. The molecule has 0 aliphatic heterocycles. The van der Waals surface area contributed by atoms with Crippen molar-refractivity contribution >= 4 is 43.0 Å². The first-order chi connectivity index (χ1) is 16.2. The van der Waals surface area contributed by atoms with Gasteiger partial charge in [-0.2, -0.15) is 0 Å². The molecule has 6 rings (SSSR count). The molecule has 7 heteroatoms. The van der Waals surface area contributed by atoms with Gasteiger partial charge in [0.05, 0.1) is 18.3 Å². The van der Waals surface area contributed by atoms with Crippen LogP contribution in [-0.4, -0.2) is 27.1 Å². The lowest BCUT2D eigenvalue weighted by Crippen LogP contribution is -2.35. The first-order valence-corrected chi connectivity index (χ1v) is 13.0. The van der Waals surface area contributed by atoms with Crippen molar-refractivity contribution < 1.29 is 0 Å². The zero-order chi connectivity index (χ0) is 22.2. The molecule has 1 aliphatic rings. The zero-order valence-electron chi connectivity index (χ0n) is 18.2. The van der Waals surface area contributed by atoms with E-state index in [-0.39, 0.29) is 5.56 Å². The van der Waals surface area contributed by atoms with E-state index in [9.17, 15) is 4.79 Å². The zero-order valence-corrected chi connectivity index (χ0v) is 19.8. The Morgan fingerprint density at radius 2 is 2.00 bits per heavy atom. The summed E-state index contributed by atoms with van der Waals surface area (Å²) in [4.78, 5) is 25.6. The molecule has 0 radical (unpaired) electrons. The van der Waals surface area contributed by atoms with E-state index < -0.39 is 0 Å². The average Bonchev–Trinajstić information content (AvgIpc) is 3.42. The number of aryl methyl sites for hydroxylation is 1. The maximum atomic E-state index is 13.4. The van der Waals surface area contributed by atoms with Gasteiger partial charge >= 0.3 is 0 Å². The fourth-order valence-electron chi connectivity index (χ4n) is 4.74. The number of hydrogen-bond acceptors (Lipinski definition) is 6. The van der Waals surface area contributed by atoms with Crippen molar-refractivity contribution in [2.24, 2.45) is 0 Å². The Balaban J connectivity index is 1.20.